The lowest BCUT2D eigenvalue weighted by Crippen LogP contribution is -2.01. The molecule has 0 aliphatic heterocycles. The van der Waals surface area contributed by atoms with Crippen LogP contribution >= 0.6 is 0 Å². The SMILES string of the molecule is CNc1cc(Oc2cc(C)[nH]n2)nc(C2CC2)n1. The molecule has 2 heterocycles. The fraction of sp³-hybridized carbons (Fsp3) is 0.417. The molecule has 6 heteroatoms. The molecule has 18 heavy (non-hydrogen) atoms. The lowest BCUT2D eigenvalue weighted by molar-refractivity contribution is 0.440. The highest BCUT2D eigenvalue weighted by molar-refractivity contribution is 5.39. The number of ether oxygens (including phenoxy) is 1. The third-order valence-electron chi connectivity index (χ3n) is 2.81. The minimum absolute atomic E-state index is 0.488. The van der Waals surface area contributed by atoms with Crippen molar-refractivity contribution in [1.82, 2.24) is 20.2 Å². The van der Waals surface area contributed by atoms with Crippen molar-refractivity contribution in [2.24, 2.45) is 0 Å². The first-order valence-corrected chi connectivity index (χ1v) is 6.01. The zero-order valence-electron chi connectivity index (χ0n) is 10.4. The van der Waals surface area contributed by atoms with Gasteiger partial charge in [0.15, 0.2) is 0 Å². The quantitative estimate of drug-likeness (QED) is 0.863. The molecule has 2 N–H and O–H groups in total. The lowest BCUT2D eigenvalue weighted by atomic mass is 10.4. The largest absolute Gasteiger partial charge is 0.419 e. The average Bonchev–Trinajstić information content (AvgIpc) is 3.14. The molecule has 0 atom stereocenters. The van der Waals surface area contributed by atoms with E-state index in [-0.39, 0.29) is 0 Å². The van der Waals surface area contributed by atoms with Crippen LogP contribution in [0.25, 0.3) is 0 Å². The van der Waals surface area contributed by atoms with E-state index in [0.29, 0.717) is 17.7 Å². The van der Waals surface area contributed by atoms with Crippen molar-refractivity contribution >= 4 is 5.82 Å². The zero-order chi connectivity index (χ0) is 12.5. The second-order valence-corrected chi connectivity index (χ2v) is 4.47. The number of nitrogens with one attached hydrogen (secondary N) is 2. The molecule has 1 fully saturated rings. The van der Waals surface area contributed by atoms with E-state index in [0.717, 1.165) is 30.2 Å². The maximum atomic E-state index is 5.63. The van der Waals surface area contributed by atoms with E-state index in [1.807, 2.05) is 20.0 Å². The number of H-pyrrole nitrogens is 1. The van der Waals surface area contributed by atoms with E-state index in [1.54, 1.807) is 6.07 Å². The first-order chi connectivity index (χ1) is 8.74. The van der Waals surface area contributed by atoms with Crippen LogP contribution in [0.4, 0.5) is 5.82 Å². The van der Waals surface area contributed by atoms with Crippen molar-refractivity contribution in [1.29, 1.82) is 0 Å². The van der Waals surface area contributed by atoms with Gasteiger partial charge >= 0.3 is 0 Å². The van der Waals surface area contributed by atoms with E-state index in [1.165, 1.54) is 0 Å². The van der Waals surface area contributed by atoms with E-state index < -0.39 is 0 Å². The van der Waals surface area contributed by atoms with Crippen LogP contribution in [0, 0.1) is 6.92 Å². The number of aryl methyl sites for hydroxylation is 1. The summed E-state index contributed by atoms with van der Waals surface area (Å²) in [5.41, 5.74) is 0.954. The summed E-state index contributed by atoms with van der Waals surface area (Å²) in [5.74, 6) is 3.16. The molecule has 0 unspecified atom stereocenters. The highest BCUT2D eigenvalue weighted by atomic mass is 16.5. The van der Waals surface area contributed by atoms with E-state index in [4.69, 9.17) is 4.74 Å². The van der Waals surface area contributed by atoms with Gasteiger partial charge in [-0.1, -0.05) is 0 Å². The van der Waals surface area contributed by atoms with E-state index >= 15 is 0 Å². The lowest BCUT2D eigenvalue weighted by Gasteiger charge is -2.06. The monoisotopic (exact) mass is 245 g/mol. The van der Waals surface area contributed by atoms with Gasteiger partial charge in [-0.2, -0.15) is 4.98 Å². The summed E-state index contributed by atoms with van der Waals surface area (Å²) in [7, 11) is 1.83. The molecular weight excluding hydrogens is 230 g/mol. The van der Waals surface area contributed by atoms with Crippen LogP contribution in [0.2, 0.25) is 0 Å². The molecule has 0 saturated heterocycles. The normalized spacial score (nSPS) is 14.6. The number of aromatic amines is 1. The van der Waals surface area contributed by atoms with E-state index in [2.05, 4.69) is 25.5 Å². The summed E-state index contributed by atoms with van der Waals surface area (Å²) in [5, 5.41) is 9.88. The summed E-state index contributed by atoms with van der Waals surface area (Å²) in [6.45, 7) is 1.93. The van der Waals surface area contributed by atoms with Gasteiger partial charge in [0.25, 0.3) is 0 Å². The van der Waals surface area contributed by atoms with Crippen molar-refractivity contribution < 1.29 is 4.74 Å². The highest BCUT2D eigenvalue weighted by Gasteiger charge is 2.27. The van der Waals surface area contributed by atoms with Crippen LogP contribution in [0.1, 0.15) is 30.3 Å². The number of nitrogens with zero attached hydrogens (tertiary/aromatic N) is 3. The molecule has 2 aromatic rings. The molecule has 0 radical (unpaired) electrons. The first-order valence-electron chi connectivity index (χ1n) is 6.01. The molecule has 6 nitrogen and oxygen atoms in total. The van der Waals surface area contributed by atoms with Crippen LogP contribution in [0.5, 0.6) is 11.8 Å². The fourth-order valence-corrected chi connectivity index (χ4v) is 1.70. The van der Waals surface area contributed by atoms with Crippen molar-refractivity contribution in [3.63, 3.8) is 0 Å². The van der Waals surface area contributed by atoms with Crippen LogP contribution in [-0.4, -0.2) is 27.2 Å². The Morgan fingerprint density at radius 3 is 2.72 bits per heavy atom. The maximum Gasteiger partial charge on any atom is 0.240 e. The van der Waals surface area contributed by atoms with Gasteiger partial charge in [0, 0.05) is 30.8 Å². The van der Waals surface area contributed by atoms with Crippen LogP contribution in [-0.2, 0) is 0 Å². The molecule has 0 aromatic carbocycles. The fourth-order valence-electron chi connectivity index (χ4n) is 1.70. The Kier molecular flexibility index (Phi) is 2.62. The van der Waals surface area contributed by atoms with Gasteiger partial charge < -0.3 is 10.1 Å². The molecule has 94 valence electrons. The molecule has 2 aromatic heterocycles. The van der Waals surface area contributed by atoms with Crippen molar-refractivity contribution in [2.45, 2.75) is 25.7 Å². The van der Waals surface area contributed by atoms with Crippen LogP contribution < -0.4 is 10.1 Å². The van der Waals surface area contributed by atoms with Gasteiger partial charge in [0.2, 0.25) is 11.8 Å². The summed E-state index contributed by atoms with van der Waals surface area (Å²) < 4.78 is 5.63. The van der Waals surface area contributed by atoms with Crippen molar-refractivity contribution in [3.05, 3.63) is 23.7 Å². The third kappa shape index (κ3) is 2.27. The Morgan fingerprint density at radius 2 is 2.11 bits per heavy atom. The van der Waals surface area contributed by atoms with Gasteiger partial charge in [-0.25, -0.2) is 4.98 Å². The molecule has 1 aliphatic rings. The number of rotatable bonds is 4. The number of hydrogen-bond acceptors (Lipinski definition) is 5. The Labute approximate surface area is 105 Å². The highest BCUT2D eigenvalue weighted by Crippen LogP contribution is 2.39. The number of anilines is 1. The first kappa shape index (κ1) is 11.0. The van der Waals surface area contributed by atoms with Gasteiger partial charge in [-0.05, 0) is 19.8 Å². The van der Waals surface area contributed by atoms with Crippen molar-refractivity contribution in [2.75, 3.05) is 12.4 Å². The molecule has 0 spiro atoms. The molecule has 3 rings (SSSR count). The van der Waals surface area contributed by atoms with Gasteiger partial charge in [0.1, 0.15) is 11.6 Å². The third-order valence-corrected chi connectivity index (χ3v) is 2.81. The smallest absolute Gasteiger partial charge is 0.240 e. The average molecular weight is 245 g/mol. The predicted molar refractivity (Wildman–Crippen MR) is 67.0 cm³/mol. The number of hydrogen-bond donors (Lipinski definition) is 2. The Balaban J connectivity index is 1.88. The van der Waals surface area contributed by atoms with Crippen molar-refractivity contribution in [3.8, 4) is 11.8 Å². The summed E-state index contributed by atoms with van der Waals surface area (Å²) >= 11 is 0. The Bertz CT molecular complexity index is 561. The molecule has 1 saturated carbocycles. The Morgan fingerprint density at radius 1 is 1.28 bits per heavy atom. The minimum atomic E-state index is 0.488. The summed E-state index contributed by atoms with van der Waals surface area (Å²) in [6, 6.07) is 3.61. The molecule has 0 bridgehead atoms. The predicted octanol–water partition coefficient (Wildman–Crippen LogP) is 2.22. The topological polar surface area (TPSA) is 75.7 Å². The zero-order valence-corrected chi connectivity index (χ0v) is 10.4. The molecule has 0 amide bonds. The second-order valence-electron chi connectivity index (χ2n) is 4.47. The van der Waals surface area contributed by atoms with Gasteiger partial charge in [0.05, 0.1) is 0 Å². The standard InChI is InChI=1S/C12H15N5O/c1-7-5-11(17-16-7)18-10-6-9(13-2)14-12(15-10)8-3-4-8/h5-6,8H,3-4H2,1-2H3,(H,16,17)(H,13,14,15). The Hall–Kier alpha value is -2.11. The molecule has 1 aliphatic carbocycles. The maximum absolute atomic E-state index is 5.63. The van der Waals surface area contributed by atoms with E-state index in [9.17, 15) is 0 Å². The van der Waals surface area contributed by atoms with Gasteiger partial charge in [-0.3, -0.25) is 5.10 Å². The van der Waals surface area contributed by atoms with Gasteiger partial charge in [-0.15, -0.1) is 5.10 Å². The minimum Gasteiger partial charge on any atom is -0.419 e. The second kappa shape index (κ2) is 4.29. The summed E-state index contributed by atoms with van der Waals surface area (Å²) in [4.78, 5) is 8.85. The van der Waals surface area contributed by atoms with Crippen LogP contribution in [0.15, 0.2) is 12.1 Å². The number of aromatic nitrogens is 4. The summed E-state index contributed by atoms with van der Waals surface area (Å²) in [6.07, 6.45) is 2.32. The van der Waals surface area contributed by atoms with Crippen LogP contribution in [0.3, 0.4) is 0 Å². The molecular formula is C12H15N5O.